The molecule has 0 aliphatic heterocycles. The predicted octanol–water partition coefficient (Wildman–Crippen LogP) is 4.33. The molecule has 0 spiro atoms. The van der Waals surface area contributed by atoms with E-state index in [0.29, 0.717) is 0 Å². The number of aldehydes is 1. The van der Waals surface area contributed by atoms with Crippen molar-refractivity contribution in [2.24, 2.45) is 0 Å². The summed E-state index contributed by atoms with van der Waals surface area (Å²) in [6.07, 6.45) is 0.843. The maximum Gasteiger partial charge on any atom is 0.160 e. The van der Waals surface area contributed by atoms with E-state index in [0.717, 1.165) is 25.0 Å². The van der Waals surface area contributed by atoms with Crippen LogP contribution < -0.4 is 0 Å². The van der Waals surface area contributed by atoms with Crippen LogP contribution in [-0.4, -0.2) is 11.4 Å². The van der Waals surface area contributed by atoms with Gasteiger partial charge in [0.1, 0.15) is 0 Å². The van der Waals surface area contributed by atoms with Gasteiger partial charge in [-0.15, -0.1) is 22.7 Å². The highest BCUT2D eigenvalue weighted by molar-refractivity contribution is 9.10. The number of thiophene rings is 2. The molecule has 0 saturated carbocycles. The van der Waals surface area contributed by atoms with E-state index in [9.17, 15) is 4.79 Å². The van der Waals surface area contributed by atoms with Gasteiger partial charge in [-0.25, -0.2) is 0 Å². The summed E-state index contributed by atoms with van der Waals surface area (Å²) in [6, 6.07) is 3.70. The standard InChI is InChI=1S/C5H5BrOS.C5H3BrOS/c2*6-4-1-5(2-7)8-3-4/h1,3,7H,2H2;1-3H. The maximum absolute atomic E-state index is 10.0. The summed E-state index contributed by atoms with van der Waals surface area (Å²) < 4.78 is 2.02. The fraction of sp³-hybridized carbons (Fsp3) is 0.100. The lowest BCUT2D eigenvalue weighted by Crippen LogP contribution is -1.70. The van der Waals surface area contributed by atoms with E-state index >= 15 is 0 Å². The number of hydrogen-bond acceptors (Lipinski definition) is 4. The predicted molar refractivity (Wildman–Crippen MR) is 75.3 cm³/mol. The molecule has 6 heteroatoms. The molecule has 86 valence electrons. The third kappa shape index (κ3) is 4.88. The molecule has 0 atom stereocenters. The molecule has 0 unspecified atom stereocenters. The molecular formula is C10H8Br2O2S2. The van der Waals surface area contributed by atoms with Crippen molar-refractivity contribution in [1.29, 1.82) is 0 Å². The van der Waals surface area contributed by atoms with Gasteiger partial charge in [-0.1, -0.05) is 0 Å². The number of hydrogen-bond donors (Lipinski definition) is 1. The second-order valence-corrected chi connectivity index (χ2v) is 6.44. The molecule has 2 aromatic heterocycles. The Kier molecular flexibility index (Phi) is 6.45. The van der Waals surface area contributed by atoms with Crippen LogP contribution in [0.3, 0.4) is 0 Å². The number of carbonyl (C=O) groups is 1. The molecule has 0 aliphatic carbocycles. The largest absolute Gasteiger partial charge is 0.391 e. The normalized spacial score (nSPS) is 9.44. The van der Waals surface area contributed by atoms with Crippen molar-refractivity contribution in [2.45, 2.75) is 6.61 Å². The van der Waals surface area contributed by atoms with Crippen LogP contribution in [0.5, 0.6) is 0 Å². The topological polar surface area (TPSA) is 37.3 Å². The molecule has 0 bridgehead atoms. The van der Waals surface area contributed by atoms with Gasteiger partial charge in [0.2, 0.25) is 0 Å². The second-order valence-electron chi connectivity index (χ2n) is 2.67. The van der Waals surface area contributed by atoms with E-state index in [1.54, 1.807) is 17.4 Å². The van der Waals surface area contributed by atoms with Gasteiger partial charge in [0, 0.05) is 24.6 Å². The van der Waals surface area contributed by atoms with Crippen LogP contribution in [0.15, 0.2) is 31.8 Å². The lowest BCUT2D eigenvalue weighted by molar-refractivity contribution is 0.112. The van der Waals surface area contributed by atoms with Crippen molar-refractivity contribution < 1.29 is 9.90 Å². The molecule has 0 radical (unpaired) electrons. The highest BCUT2D eigenvalue weighted by Gasteiger charge is 1.92. The van der Waals surface area contributed by atoms with Gasteiger partial charge < -0.3 is 5.11 Å². The van der Waals surface area contributed by atoms with Crippen LogP contribution in [0.4, 0.5) is 0 Å². The zero-order chi connectivity index (χ0) is 12.0. The summed E-state index contributed by atoms with van der Waals surface area (Å²) >= 11 is 9.48. The molecule has 16 heavy (non-hydrogen) atoms. The summed E-state index contributed by atoms with van der Waals surface area (Å²) in [5, 5.41) is 12.4. The van der Waals surface area contributed by atoms with Gasteiger partial charge >= 0.3 is 0 Å². The fourth-order valence-electron chi connectivity index (χ4n) is 0.827. The summed E-state index contributed by atoms with van der Waals surface area (Å²) in [5.41, 5.74) is 0. The van der Waals surface area contributed by atoms with E-state index in [1.807, 2.05) is 16.8 Å². The quantitative estimate of drug-likeness (QED) is 0.783. The van der Waals surface area contributed by atoms with Crippen LogP contribution in [0.25, 0.3) is 0 Å². The molecular weight excluding hydrogens is 376 g/mol. The number of aliphatic hydroxyl groups is 1. The molecule has 0 aromatic carbocycles. The van der Waals surface area contributed by atoms with E-state index in [2.05, 4.69) is 31.9 Å². The first-order chi connectivity index (χ1) is 7.65. The molecule has 1 N–H and O–H groups in total. The lowest BCUT2D eigenvalue weighted by Gasteiger charge is -1.79. The Morgan fingerprint density at radius 1 is 1.19 bits per heavy atom. The molecule has 0 aliphatic rings. The van der Waals surface area contributed by atoms with Crippen molar-refractivity contribution in [1.82, 2.24) is 0 Å². The first kappa shape index (κ1) is 14.1. The van der Waals surface area contributed by atoms with Crippen LogP contribution in [0, 0.1) is 0 Å². The molecule has 0 fully saturated rings. The van der Waals surface area contributed by atoms with Gasteiger partial charge in [0.05, 0.1) is 11.5 Å². The summed E-state index contributed by atoms with van der Waals surface area (Å²) in [7, 11) is 0. The van der Waals surface area contributed by atoms with Crippen LogP contribution in [-0.2, 0) is 6.61 Å². The Labute approximate surface area is 118 Å². The van der Waals surface area contributed by atoms with Crippen molar-refractivity contribution in [3.63, 3.8) is 0 Å². The smallest absolute Gasteiger partial charge is 0.160 e. The molecule has 0 amide bonds. The summed E-state index contributed by atoms with van der Waals surface area (Å²) in [4.78, 5) is 11.8. The van der Waals surface area contributed by atoms with Crippen LogP contribution in [0.2, 0.25) is 0 Å². The Balaban J connectivity index is 0.000000160. The first-order valence-electron chi connectivity index (χ1n) is 4.18. The van der Waals surface area contributed by atoms with E-state index in [-0.39, 0.29) is 6.61 Å². The Hall–Kier alpha value is -0.0100. The van der Waals surface area contributed by atoms with Gasteiger partial charge in [-0.05, 0) is 44.0 Å². The number of halogens is 2. The third-order valence-corrected chi connectivity index (χ3v) is 4.78. The molecule has 2 nitrogen and oxygen atoms in total. The van der Waals surface area contributed by atoms with Crippen LogP contribution >= 0.6 is 54.5 Å². The minimum atomic E-state index is 0.149. The summed E-state index contributed by atoms with van der Waals surface area (Å²) in [5.74, 6) is 0. The number of carbonyl (C=O) groups excluding carboxylic acids is 1. The highest BCUT2D eigenvalue weighted by Crippen LogP contribution is 2.19. The SMILES string of the molecule is O=Cc1cc(Br)cs1.OCc1cc(Br)cs1. The summed E-state index contributed by atoms with van der Waals surface area (Å²) in [6.45, 7) is 0.149. The number of rotatable bonds is 2. The van der Waals surface area contributed by atoms with Crippen molar-refractivity contribution in [3.05, 3.63) is 41.6 Å². The van der Waals surface area contributed by atoms with E-state index in [4.69, 9.17) is 5.11 Å². The van der Waals surface area contributed by atoms with Crippen LogP contribution in [0.1, 0.15) is 14.5 Å². The maximum atomic E-state index is 10.0. The Morgan fingerprint density at radius 3 is 2.06 bits per heavy atom. The zero-order valence-electron chi connectivity index (χ0n) is 8.02. The Morgan fingerprint density at radius 2 is 1.81 bits per heavy atom. The van der Waals surface area contributed by atoms with E-state index < -0.39 is 0 Å². The monoisotopic (exact) mass is 382 g/mol. The average molecular weight is 384 g/mol. The number of aliphatic hydroxyl groups excluding tert-OH is 1. The molecule has 2 rings (SSSR count). The van der Waals surface area contributed by atoms with Crippen molar-refractivity contribution >= 4 is 60.8 Å². The Bertz CT molecular complexity index is 451. The van der Waals surface area contributed by atoms with Gasteiger partial charge in [-0.2, -0.15) is 0 Å². The first-order valence-corrected chi connectivity index (χ1v) is 7.53. The molecule has 0 saturated heterocycles. The minimum Gasteiger partial charge on any atom is -0.391 e. The molecule has 2 aromatic rings. The van der Waals surface area contributed by atoms with Gasteiger partial charge in [0.15, 0.2) is 6.29 Å². The van der Waals surface area contributed by atoms with E-state index in [1.165, 1.54) is 11.3 Å². The fourth-order valence-corrected chi connectivity index (χ4v) is 3.38. The second kappa shape index (κ2) is 7.34. The molecule has 2 heterocycles. The lowest BCUT2D eigenvalue weighted by atomic mass is 10.5. The third-order valence-electron chi connectivity index (χ3n) is 1.48. The average Bonchev–Trinajstić information content (AvgIpc) is 2.88. The highest BCUT2D eigenvalue weighted by atomic mass is 79.9. The zero-order valence-corrected chi connectivity index (χ0v) is 12.8. The van der Waals surface area contributed by atoms with Gasteiger partial charge in [0.25, 0.3) is 0 Å². The van der Waals surface area contributed by atoms with Gasteiger partial charge in [-0.3, -0.25) is 4.79 Å². The van der Waals surface area contributed by atoms with Crippen molar-refractivity contribution in [2.75, 3.05) is 0 Å². The van der Waals surface area contributed by atoms with Crippen molar-refractivity contribution in [3.8, 4) is 0 Å². The minimum absolute atomic E-state index is 0.149.